The molecule has 0 aliphatic carbocycles. The molecule has 1 amide bonds. The van der Waals surface area contributed by atoms with Gasteiger partial charge in [-0.05, 0) is 24.6 Å². The Labute approximate surface area is 114 Å². The van der Waals surface area contributed by atoms with Gasteiger partial charge in [0.15, 0.2) is 0 Å². The Morgan fingerprint density at radius 3 is 2.75 bits per heavy atom. The molecule has 0 aliphatic rings. The molecule has 0 spiro atoms. The number of carbonyl (C=O) groups excluding carboxylic acids is 1. The first kappa shape index (κ1) is 16.3. The van der Waals surface area contributed by atoms with Crippen molar-refractivity contribution in [1.82, 2.24) is 5.32 Å². The van der Waals surface area contributed by atoms with E-state index in [9.17, 15) is 18.0 Å². The maximum absolute atomic E-state index is 11.8. The summed E-state index contributed by atoms with van der Waals surface area (Å²) in [5.74, 6) is 0.0728. The van der Waals surface area contributed by atoms with Crippen molar-refractivity contribution in [2.75, 3.05) is 19.8 Å². The molecule has 0 fully saturated rings. The van der Waals surface area contributed by atoms with Crippen LogP contribution < -0.4 is 10.1 Å². The quantitative estimate of drug-likeness (QED) is 0.838. The van der Waals surface area contributed by atoms with E-state index in [-0.39, 0.29) is 6.54 Å². The molecule has 1 rings (SSSR count). The van der Waals surface area contributed by atoms with Crippen LogP contribution in [0.15, 0.2) is 24.3 Å². The highest BCUT2D eigenvalue weighted by atomic mass is 19.4. The van der Waals surface area contributed by atoms with Crippen molar-refractivity contribution in [1.29, 1.82) is 0 Å². The minimum absolute atomic E-state index is 0.203. The monoisotopic (exact) mass is 291 g/mol. The molecule has 0 heterocycles. The standard InChI is InChI=1S/C13H16F3NO3/c1-2-20-11-5-3-4-10(6-11)7-17-12(18)8-19-9-13(14,15)16/h3-6H,2,7-9H2,1H3,(H,17,18). The number of hydrogen-bond donors (Lipinski definition) is 1. The van der Waals surface area contributed by atoms with Crippen molar-refractivity contribution < 1.29 is 27.4 Å². The van der Waals surface area contributed by atoms with Gasteiger partial charge < -0.3 is 14.8 Å². The number of amides is 1. The summed E-state index contributed by atoms with van der Waals surface area (Å²) in [6.45, 7) is 0.535. The summed E-state index contributed by atoms with van der Waals surface area (Å²) in [6.07, 6.45) is -4.42. The number of benzene rings is 1. The molecular formula is C13H16F3NO3. The van der Waals surface area contributed by atoms with Crippen molar-refractivity contribution in [3.63, 3.8) is 0 Å². The van der Waals surface area contributed by atoms with Gasteiger partial charge >= 0.3 is 6.18 Å². The molecule has 0 unspecified atom stereocenters. The Balaban J connectivity index is 2.32. The second-order valence-corrected chi connectivity index (χ2v) is 3.97. The minimum Gasteiger partial charge on any atom is -0.494 e. The van der Waals surface area contributed by atoms with E-state index in [4.69, 9.17) is 4.74 Å². The molecule has 0 saturated carbocycles. The van der Waals surface area contributed by atoms with E-state index in [1.54, 1.807) is 24.3 Å². The summed E-state index contributed by atoms with van der Waals surface area (Å²) in [5.41, 5.74) is 0.792. The van der Waals surface area contributed by atoms with Gasteiger partial charge in [0.2, 0.25) is 5.91 Å². The first-order valence-electron chi connectivity index (χ1n) is 6.03. The summed E-state index contributed by atoms with van der Waals surface area (Å²) in [6, 6.07) is 7.08. The van der Waals surface area contributed by atoms with Crippen LogP contribution in [0.3, 0.4) is 0 Å². The number of alkyl halides is 3. The van der Waals surface area contributed by atoms with Crippen molar-refractivity contribution in [2.45, 2.75) is 19.6 Å². The summed E-state index contributed by atoms with van der Waals surface area (Å²) in [4.78, 5) is 11.3. The number of carbonyl (C=O) groups is 1. The second-order valence-electron chi connectivity index (χ2n) is 3.97. The number of hydrogen-bond acceptors (Lipinski definition) is 3. The lowest BCUT2D eigenvalue weighted by molar-refractivity contribution is -0.175. The molecule has 0 aliphatic heterocycles. The zero-order chi connectivity index (χ0) is 15.0. The zero-order valence-corrected chi connectivity index (χ0v) is 11.0. The van der Waals surface area contributed by atoms with Crippen LogP contribution in [0.4, 0.5) is 13.2 Å². The maximum atomic E-state index is 11.8. The fourth-order valence-corrected chi connectivity index (χ4v) is 1.42. The molecule has 1 aromatic rings. The molecule has 0 saturated heterocycles. The molecule has 0 radical (unpaired) electrons. The summed E-state index contributed by atoms with van der Waals surface area (Å²) in [5, 5.41) is 2.47. The topological polar surface area (TPSA) is 47.6 Å². The van der Waals surface area contributed by atoms with Crippen molar-refractivity contribution >= 4 is 5.91 Å². The molecule has 7 heteroatoms. The zero-order valence-electron chi connectivity index (χ0n) is 11.0. The van der Waals surface area contributed by atoms with E-state index >= 15 is 0 Å². The fraction of sp³-hybridized carbons (Fsp3) is 0.462. The Kier molecular flexibility index (Phi) is 6.30. The Morgan fingerprint density at radius 1 is 1.35 bits per heavy atom. The molecule has 0 bridgehead atoms. The van der Waals surface area contributed by atoms with Gasteiger partial charge in [0.1, 0.15) is 19.0 Å². The molecule has 1 aromatic carbocycles. The summed E-state index contributed by atoms with van der Waals surface area (Å²) < 4.78 is 45.0. The van der Waals surface area contributed by atoms with E-state index in [0.717, 1.165) is 5.56 Å². The molecular weight excluding hydrogens is 275 g/mol. The van der Waals surface area contributed by atoms with Crippen molar-refractivity contribution in [3.8, 4) is 5.75 Å². The molecule has 1 N–H and O–H groups in total. The van der Waals surface area contributed by atoms with Crippen LogP contribution in [0.5, 0.6) is 5.75 Å². The highest BCUT2D eigenvalue weighted by Crippen LogP contribution is 2.14. The van der Waals surface area contributed by atoms with E-state index in [0.29, 0.717) is 12.4 Å². The van der Waals surface area contributed by atoms with Gasteiger partial charge in [-0.15, -0.1) is 0 Å². The van der Waals surface area contributed by atoms with Crippen LogP contribution in [-0.2, 0) is 16.1 Å². The highest BCUT2D eigenvalue weighted by Gasteiger charge is 2.27. The summed E-state index contributed by atoms with van der Waals surface area (Å²) in [7, 11) is 0. The minimum atomic E-state index is -4.42. The average molecular weight is 291 g/mol. The third kappa shape index (κ3) is 6.98. The van der Waals surface area contributed by atoms with Gasteiger partial charge in [0, 0.05) is 6.54 Å². The predicted molar refractivity (Wildman–Crippen MR) is 66.3 cm³/mol. The summed E-state index contributed by atoms with van der Waals surface area (Å²) >= 11 is 0. The third-order valence-corrected chi connectivity index (χ3v) is 2.20. The lowest BCUT2D eigenvalue weighted by Crippen LogP contribution is -2.29. The predicted octanol–water partition coefficient (Wildman–Crippen LogP) is 2.28. The van der Waals surface area contributed by atoms with Crippen LogP contribution in [0, 0.1) is 0 Å². The number of halogens is 3. The normalized spacial score (nSPS) is 11.2. The van der Waals surface area contributed by atoms with E-state index in [1.165, 1.54) is 0 Å². The van der Waals surface area contributed by atoms with Crippen LogP contribution >= 0.6 is 0 Å². The average Bonchev–Trinajstić information content (AvgIpc) is 2.36. The SMILES string of the molecule is CCOc1cccc(CNC(=O)COCC(F)(F)F)c1. The molecule has 112 valence electrons. The van der Waals surface area contributed by atoms with Gasteiger partial charge in [-0.2, -0.15) is 13.2 Å². The van der Waals surface area contributed by atoms with Gasteiger partial charge in [-0.1, -0.05) is 12.1 Å². The fourth-order valence-electron chi connectivity index (χ4n) is 1.42. The van der Waals surface area contributed by atoms with E-state index in [2.05, 4.69) is 10.1 Å². The van der Waals surface area contributed by atoms with Gasteiger partial charge in [0.05, 0.1) is 6.61 Å². The van der Waals surface area contributed by atoms with Crippen LogP contribution in [-0.4, -0.2) is 31.9 Å². The van der Waals surface area contributed by atoms with Crippen molar-refractivity contribution in [2.24, 2.45) is 0 Å². The second kappa shape index (κ2) is 7.74. The lowest BCUT2D eigenvalue weighted by atomic mass is 10.2. The number of ether oxygens (including phenoxy) is 2. The smallest absolute Gasteiger partial charge is 0.411 e. The molecule has 0 atom stereocenters. The Morgan fingerprint density at radius 2 is 2.10 bits per heavy atom. The largest absolute Gasteiger partial charge is 0.494 e. The first-order valence-corrected chi connectivity index (χ1v) is 6.03. The first-order chi connectivity index (χ1) is 9.40. The van der Waals surface area contributed by atoms with Crippen molar-refractivity contribution in [3.05, 3.63) is 29.8 Å². The highest BCUT2D eigenvalue weighted by molar-refractivity contribution is 5.77. The van der Waals surface area contributed by atoms with Gasteiger partial charge in [-0.25, -0.2) is 0 Å². The van der Waals surface area contributed by atoms with Gasteiger partial charge in [0.25, 0.3) is 0 Å². The molecule has 0 aromatic heterocycles. The molecule has 4 nitrogen and oxygen atoms in total. The van der Waals surface area contributed by atoms with Crippen LogP contribution in [0.25, 0.3) is 0 Å². The maximum Gasteiger partial charge on any atom is 0.411 e. The van der Waals surface area contributed by atoms with Gasteiger partial charge in [-0.3, -0.25) is 4.79 Å². The lowest BCUT2D eigenvalue weighted by Gasteiger charge is -2.09. The number of rotatable bonds is 7. The van der Waals surface area contributed by atoms with E-state index < -0.39 is 25.3 Å². The van der Waals surface area contributed by atoms with Crippen LogP contribution in [0.2, 0.25) is 0 Å². The Bertz CT molecular complexity index is 435. The third-order valence-electron chi connectivity index (χ3n) is 2.20. The van der Waals surface area contributed by atoms with Crippen LogP contribution in [0.1, 0.15) is 12.5 Å². The Hall–Kier alpha value is -1.76. The van der Waals surface area contributed by atoms with E-state index in [1.807, 2.05) is 6.92 Å². The molecule has 20 heavy (non-hydrogen) atoms. The number of nitrogens with one attached hydrogen (secondary N) is 1.